The number of aliphatic hydroxyl groups excluding tert-OH is 2. The zero-order valence-corrected chi connectivity index (χ0v) is 9.93. The minimum atomic E-state index is -3.23. The Hall–Kier alpha value is 0.0969. The summed E-state index contributed by atoms with van der Waals surface area (Å²) in [4.78, 5) is 0. The van der Waals surface area contributed by atoms with E-state index in [4.69, 9.17) is 18.7 Å². The van der Waals surface area contributed by atoms with Crippen LogP contribution in [0, 0.1) is 17.8 Å². The van der Waals surface area contributed by atoms with Gasteiger partial charge in [0.2, 0.25) is 0 Å². The number of rotatable bonds is 6. The first-order valence-corrected chi connectivity index (χ1v) is 6.36. The second-order valence-electron chi connectivity index (χ2n) is 4.97. The van der Waals surface area contributed by atoms with E-state index < -0.39 is 16.1 Å². The highest BCUT2D eigenvalue weighted by Gasteiger charge is 2.43. The van der Waals surface area contributed by atoms with Crippen molar-refractivity contribution in [3.8, 4) is 0 Å². The third kappa shape index (κ3) is 2.61. The van der Waals surface area contributed by atoms with Crippen molar-refractivity contribution in [3.05, 3.63) is 0 Å². The molecule has 5 atom stereocenters. The van der Waals surface area contributed by atoms with Crippen LogP contribution < -0.4 is 0 Å². The zero-order chi connectivity index (χ0) is 13.3. The minimum absolute atomic E-state index is 0.0155. The summed E-state index contributed by atoms with van der Waals surface area (Å²) in [5.74, 6) is 1.33. The Kier molecular flexibility index (Phi) is 2.72. The molecule has 2 saturated carbocycles. The van der Waals surface area contributed by atoms with E-state index in [1.165, 1.54) is 0 Å². The SMILES string of the molecule is [3H][Si]([3H])([3H])C1CC2CC1CC2COCC(O)CO. The fourth-order valence-corrected chi connectivity index (χ4v) is 3.58. The van der Waals surface area contributed by atoms with Crippen LogP contribution in [-0.2, 0) is 4.74 Å². The molecule has 2 bridgehead atoms. The molecule has 4 heteroatoms. The Balaban J connectivity index is 1.74. The molecule has 3 nitrogen and oxygen atoms in total. The van der Waals surface area contributed by atoms with Gasteiger partial charge in [-0.1, -0.05) is 12.0 Å². The van der Waals surface area contributed by atoms with Gasteiger partial charge >= 0.3 is 0 Å². The summed E-state index contributed by atoms with van der Waals surface area (Å²) in [6.07, 6.45) is 2.07. The van der Waals surface area contributed by atoms with Crippen LogP contribution in [0.25, 0.3) is 0 Å². The molecular formula is C11H22O3Si. The van der Waals surface area contributed by atoms with Gasteiger partial charge in [-0.2, -0.15) is 0 Å². The zero-order valence-electron chi connectivity index (χ0n) is 11.9. The number of ether oxygens (including phenoxy) is 1. The van der Waals surface area contributed by atoms with Crippen molar-refractivity contribution in [1.29, 1.82) is 3.70 Å². The highest BCUT2D eigenvalue weighted by atomic mass is 28.1. The van der Waals surface area contributed by atoms with E-state index in [0.717, 1.165) is 19.3 Å². The topological polar surface area (TPSA) is 49.7 Å². The maximum atomic E-state index is 9.17. The first kappa shape index (κ1) is 8.23. The van der Waals surface area contributed by atoms with Crippen molar-refractivity contribution in [2.24, 2.45) is 17.8 Å². The van der Waals surface area contributed by atoms with Gasteiger partial charge in [0, 0.05) is 20.4 Å². The van der Waals surface area contributed by atoms with Crippen LogP contribution in [-0.4, -0.2) is 49.9 Å². The number of hydrogen-bond acceptors (Lipinski definition) is 3. The highest BCUT2D eigenvalue weighted by molar-refractivity contribution is 6.12. The molecular weight excluding hydrogens is 208 g/mol. The fraction of sp³-hybridized carbons (Fsp3) is 1.00. The lowest BCUT2D eigenvalue weighted by atomic mass is 9.89. The summed E-state index contributed by atoms with van der Waals surface area (Å²) >= 11 is 0. The van der Waals surface area contributed by atoms with Crippen LogP contribution in [0.1, 0.15) is 19.3 Å². The van der Waals surface area contributed by atoms with Crippen molar-refractivity contribution in [3.63, 3.8) is 0 Å². The molecule has 0 aromatic carbocycles. The first-order chi connectivity index (χ1) is 8.41. The monoisotopic (exact) mass is 236 g/mol. The third-order valence-corrected chi connectivity index (χ3v) is 4.56. The van der Waals surface area contributed by atoms with Crippen LogP contribution >= 0.6 is 0 Å². The molecule has 0 spiro atoms. The molecule has 0 radical (unpaired) electrons. The standard InChI is InChI=1S/C11H22O3Si/c12-4-10(13)6-14-5-9-2-8-1-7(9)3-11(8)15/h7-13H,1-6H2,15H3/i15T3. The van der Waals surface area contributed by atoms with E-state index in [9.17, 15) is 0 Å². The van der Waals surface area contributed by atoms with E-state index >= 15 is 0 Å². The fourth-order valence-electron chi connectivity index (χ4n) is 3.01. The van der Waals surface area contributed by atoms with E-state index in [1.54, 1.807) is 0 Å². The molecule has 0 aliphatic heterocycles. The number of aliphatic hydroxyl groups is 2. The Bertz CT molecular complexity index is 287. The smallest absolute Gasteiger partial charge is 0.100 e. The molecule has 0 saturated heterocycles. The summed E-state index contributed by atoms with van der Waals surface area (Å²) in [7, 11) is -3.23. The van der Waals surface area contributed by atoms with Gasteiger partial charge in [0.05, 0.1) is 13.2 Å². The number of hydrogen-bond donors (Lipinski definition) is 2. The molecule has 2 aliphatic carbocycles. The average Bonchev–Trinajstić information content (AvgIpc) is 2.87. The molecule has 0 aromatic rings. The summed E-state index contributed by atoms with van der Waals surface area (Å²) in [6, 6.07) is 0. The van der Waals surface area contributed by atoms with Gasteiger partial charge in [0.25, 0.3) is 0 Å². The van der Waals surface area contributed by atoms with Crippen molar-refractivity contribution in [2.45, 2.75) is 30.9 Å². The summed E-state index contributed by atoms with van der Waals surface area (Å²) in [6.45, 7) is 0.485. The molecule has 88 valence electrons. The Morgan fingerprint density at radius 3 is 2.87 bits per heavy atom. The van der Waals surface area contributed by atoms with Crippen LogP contribution in [0.15, 0.2) is 0 Å². The third-order valence-electron chi connectivity index (χ3n) is 3.86. The molecule has 2 rings (SSSR count). The summed E-state index contributed by atoms with van der Waals surface area (Å²) in [5, 5.41) is 17.8. The first-order valence-electron chi connectivity index (χ1n) is 7.28. The summed E-state index contributed by atoms with van der Waals surface area (Å²) < 4.78 is 28.4. The van der Waals surface area contributed by atoms with Crippen molar-refractivity contribution in [1.82, 2.24) is 0 Å². The molecule has 2 fully saturated rings. The van der Waals surface area contributed by atoms with Gasteiger partial charge in [0.15, 0.2) is 0 Å². The van der Waals surface area contributed by atoms with E-state index in [2.05, 4.69) is 0 Å². The predicted molar refractivity (Wildman–Crippen MR) is 61.9 cm³/mol. The molecule has 0 aromatic heterocycles. The van der Waals surface area contributed by atoms with Crippen LogP contribution in [0.5, 0.6) is 0 Å². The van der Waals surface area contributed by atoms with Crippen LogP contribution in [0.2, 0.25) is 5.54 Å². The van der Waals surface area contributed by atoms with Crippen molar-refractivity contribution >= 4 is 10.0 Å². The second kappa shape index (κ2) is 4.95. The molecule has 2 aliphatic rings. The van der Waals surface area contributed by atoms with Gasteiger partial charge in [0.1, 0.15) is 6.10 Å². The normalized spacial score (nSPS) is 44.8. The van der Waals surface area contributed by atoms with Crippen molar-refractivity contribution < 1.29 is 14.9 Å². The molecule has 2 N–H and O–H groups in total. The van der Waals surface area contributed by atoms with Gasteiger partial charge in [-0.3, -0.25) is 0 Å². The maximum Gasteiger partial charge on any atom is 0.100 e. The second-order valence-corrected chi connectivity index (χ2v) is 5.71. The van der Waals surface area contributed by atoms with E-state index in [-0.39, 0.29) is 18.8 Å². The Morgan fingerprint density at radius 1 is 1.40 bits per heavy atom. The van der Waals surface area contributed by atoms with Gasteiger partial charge in [-0.25, -0.2) is 0 Å². The van der Waals surface area contributed by atoms with Crippen LogP contribution in [0.4, 0.5) is 0 Å². The lowest BCUT2D eigenvalue weighted by Gasteiger charge is -2.25. The van der Waals surface area contributed by atoms with Gasteiger partial charge in [-0.05, 0) is 30.6 Å². The predicted octanol–water partition coefficient (Wildman–Crippen LogP) is -0.444. The Labute approximate surface area is 97.9 Å². The molecule has 0 heterocycles. The lowest BCUT2D eigenvalue weighted by Crippen LogP contribution is -2.24. The average molecular weight is 236 g/mol. The van der Waals surface area contributed by atoms with Crippen molar-refractivity contribution in [2.75, 3.05) is 19.8 Å². The highest BCUT2D eigenvalue weighted by Crippen LogP contribution is 2.53. The largest absolute Gasteiger partial charge is 0.394 e. The Morgan fingerprint density at radius 2 is 2.27 bits per heavy atom. The van der Waals surface area contributed by atoms with Gasteiger partial charge < -0.3 is 14.9 Å². The molecule has 15 heavy (non-hydrogen) atoms. The quantitative estimate of drug-likeness (QED) is 0.615. The minimum Gasteiger partial charge on any atom is -0.394 e. The lowest BCUT2D eigenvalue weighted by molar-refractivity contribution is -0.0105. The molecule has 5 unspecified atom stereocenters. The number of fused-ring (bicyclic) bond motifs is 2. The summed E-state index contributed by atoms with van der Waals surface area (Å²) in [5.41, 5.74) is 0.0155. The molecule has 0 amide bonds. The van der Waals surface area contributed by atoms with E-state index in [0.29, 0.717) is 24.4 Å². The van der Waals surface area contributed by atoms with E-state index in [1.807, 2.05) is 0 Å². The van der Waals surface area contributed by atoms with Gasteiger partial charge in [-0.15, -0.1) is 0 Å². The van der Waals surface area contributed by atoms with Crippen LogP contribution in [0.3, 0.4) is 0 Å². The maximum absolute atomic E-state index is 9.17.